The number of halogens is 1. The van der Waals surface area contributed by atoms with E-state index in [1.165, 1.54) is 22.3 Å². The topological polar surface area (TPSA) is 69.6 Å². The van der Waals surface area contributed by atoms with Crippen molar-refractivity contribution in [1.82, 2.24) is 10.2 Å². The molecule has 1 aromatic carbocycles. The van der Waals surface area contributed by atoms with Gasteiger partial charge in [-0.25, -0.2) is 0 Å². The van der Waals surface area contributed by atoms with Gasteiger partial charge in [-0.3, -0.25) is 14.5 Å². The number of aryl methyl sites for hydroxylation is 3. The molecule has 1 aromatic rings. The number of rotatable bonds is 6. The third-order valence-corrected chi connectivity index (χ3v) is 4.53. The zero-order valence-electron chi connectivity index (χ0n) is 14.6. The van der Waals surface area contributed by atoms with Gasteiger partial charge in [0.15, 0.2) is 0 Å². The van der Waals surface area contributed by atoms with Gasteiger partial charge in [0.05, 0.1) is 6.54 Å². The monoisotopic (exact) mass is 354 g/mol. The second-order valence-corrected chi connectivity index (χ2v) is 6.44. The summed E-state index contributed by atoms with van der Waals surface area (Å²) in [6, 6.07) is 3.81. The highest BCUT2D eigenvalue weighted by molar-refractivity contribution is 5.85. The first-order valence-electron chi connectivity index (χ1n) is 8.18. The fourth-order valence-corrected chi connectivity index (χ4v) is 3.47. The molecule has 1 aliphatic rings. The Kier molecular flexibility index (Phi) is 7.70. The fourth-order valence-electron chi connectivity index (χ4n) is 3.47. The van der Waals surface area contributed by atoms with Crippen molar-refractivity contribution in [2.24, 2.45) is 0 Å². The van der Waals surface area contributed by atoms with E-state index in [9.17, 15) is 9.59 Å². The molecule has 0 aromatic heterocycles. The van der Waals surface area contributed by atoms with Crippen molar-refractivity contribution in [3.05, 3.63) is 34.4 Å². The van der Waals surface area contributed by atoms with Gasteiger partial charge in [-0.05, 0) is 63.3 Å². The predicted octanol–water partition coefficient (Wildman–Crippen LogP) is 2.24. The van der Waals surface area contributed by atoms with Crippen molar-refractivity contribution < 1.29 is 14.7 Å². The van der Waals surface area contributed by atoms with Crippen LogP contribution in [0.15, 0.2) is 12.1 Å². The first kappa shape index (κ1) is 20.5. The van der Waals surface area contributed by atoms with Crippen LogP contribution in [0.2, 0.25) is 0 Å². The second-order valence-electron chi connectivity index (χ2n) is 6.44. The lowest BCUT2D eigenvalue weighted by molar-refractivity contribution is -0.142. The van der Waals surface area contributed by atoms with E-state index in [-0.39, 0.29) is 24.9 Å². The number of benzene rings is 1. The SMILES string of the molecule is Cc1cc(C)c(CCNC(=O)CN2CCC[C@@H]2C(=O)O)c(C)c1.Cl. The van der Waals surface area contributed by atoms with Crippen LogP contribution < -0.4 is 5.32 Å². The summed E-state index contributed by atoms with van der Waals surface area (Å²) in [5.41, 5.74) is 5.03. The Morgan fingerprint density at radius 1 is 1.25 bits per heavy atom. The molecule has 0 aliphatic carbocycles. The minimum atomic E-state index is -0.832. The van der Waals surface area contributed by atoms with Crippen LogP contribution in [0.4, 0.5) is 0 Å². The van der Waals surface area contributed by atoms with Crippen LogP contribution in [0.25, 0.3) is 0 Å². The number of nitrogens with zero attached hydrogens (tertiary/aromatic N) is 1. The minimum Gasteiger partial charge on any atom is -0.480 e. The fraction of sp³-hybridized carbons (Fsp3) is 0.556. The summed E-state index contributed by atoms with van der Waals surface area (Å²) in [5.74, 6) is -0.929. The molecule has 2 N–H and O–H groups in total. The Labute approximate surface area is 149 Å². The number of aliphatic carboxylic acids is 1. The van der Waals surface area contributed by atoms with Crippen molar-refractivity contribution in [2.75, 3.05) is 19.6 Å². The van der Waals surface area contributed by atoms with Gasteiger partial charge in [-0.15, -0.1) is 12.4 Å². The van der Waals surface area contributed by atoms with Gasteiger partial charge in [-0.2, -0.15) is 0 Å². The molecule has 0 saturated carbocycles. The molecule has 0 spiro atoms. The van der Waals surface area contributed by atoms with E-state index in [0.29, 0.717) is 19.5 Å². The highest BCUT2D eigenvalue weighted by atomic mass is 35.5. The van der Waals surface area contributed by atoms with Crippen molar-refractivity contribution in [1.29, 1.82) is 0 Å². The molecule has 0 radical (unpaired) electrons. The Hall–Kier alpha value is -1.59. The molecule has 1 saturated heterocycles. The third-order valence-electron chi connectivity index (χ3n) is 4.53. The number of hydrogen-bond donors (Lipinski definition) is 2. The lowest BCUT2D eigenvalue weighted by Gasteiger charge is -2.20. The highest BCUT2D eigenvalue weighted by Gasteiger charge is 2.31. The summed E-state index contributed by atoms with van der Waals surface area (Å²) in [6.07, 6.45) is 2.27. The number of amides is 1. The van der Waals surface area contributed by atoms with Gasteiger partial charge >= 0.3 is 5.97 Å². The number of carbonyl (C=O) groups excluding carboxylic acids is 1. The smallest absolute Gasteiger partial charge is 0.320 e. The number of carboxylic acids is 1. The quantitative estimate of drug-likeness (QED) is 0.822. The Morgan fingerprint density at radius 2 is 1.88 bits per heavy atom. The zero-order valence-corrected chi connectivity index (χ0v) is 15.4. The minimum absolute atomic E-state index is 0. The van der Waals surface area contributed by atoms with Crippen LogP contribution in [-0.4, -0.2) is 47.6 Å². The van der Waals surface area contributed by atoms with Gasteiger partial charge in [0.2, 0.25) is 5.91 Å². The van der Waals surface area contributed by atoms with Gasteiger partial charge in [-0.1, -0.05) is 17.7 Å². The molecule has 134 valence electrons. The summed E-state index contributed by atoms with van der Waals surface area (Å²) < 4.78 is 0. The van der Waals surface area contributed by atoms with Crippen molar-refractivity contribution in [3.63, 3.8) is 0 Å². The van der Waals surface area contributed by atoms with Crippen LogP contribution in [-0.2, 0) is 16.0 Å². The predicted molar refractivity (Wildman–Crippen MR) is 96.8 cm³/mol. The average molecular weight is 355 g/mol. The third kappa shape index (κ3) is 5.21. The maximum atomic E-state index is 12.0. The van der Waals surface area contributed by atoms with E-state index in [2.05, 4.69) is 38.2 Å². The number of hydrogen-bond acceptors (Lipinski definition) is 3. The van der Waals surface area contributed by atoms with E-state index in [0.717, 1.165) is 12.8 Å². The summed E-state index contributed by atoms with van der Waals surface area (Å²) in [5, 5.41) is 12.0. The van der Waals surface area contributed by atoms with Gasteiger partial charge < -0.3 is 10.4 Å². The summed E-state index contributed by atoms with van der Waals surface area (Å²) in [4.78, 5) is 24.9. The van der Waals surface area contributed by atoms with E-state index in [1.54, 1.807) is 4.90 Å². The molecule has 1 aliphatic heterocycles. The van der Waals surface area contributed by atoms with Crippen molar-refractivity contribution in [2.45, 2.75) is 46.1 Å². The van der Waals surface area contributed by atoms with Crippen molar-refractivity contribution in [3.8, 4) is 0 Å². The molecule has 0 bridgehead atoms. The summed E-state index contributed by atoms with van der Waals surface area (Å²) in [7, 11) is 0. The normalized spacial score (nSPS) is 17.4. The molecule has 1 fully saturated rings. The van der Waals surface area contributed by atoms with E-state index >= 15 is 0 Å². The molecule has 1 atom stereocenters. The molecule has 5 nitrogen and oxygen atoms in total. The van der Waals surface area contributed by atoms with Crippen LogP contribution in [0.5, 0.6) is 0 Å². The van der Waals surface area contributed by atoms with Gasteiger partial charge in [0, 0.05) is 6.54 Å². The van der Waals surface area contributed by atoms with Gasteiger partial charge in [0.25, 0.3) is 0 Å². The molecule has 6 heteroatoms. The number of carboxylic acid groups (broad SMARTS) is 1. The molecular formula is C18H27ClN2O3. The Balaban J connectivity index is 0.00000288. The van der Waals surface area contributed by atoms with Crippen LogP contribution in [0.3, 0.4) is 0 Å². The average Bonchev–Trinajstić information content (AvgIpc) is 2.89. The molecular weight excluding hydrogens is 328 g/mol. The molecule has 1 heterocycles. The Morgan fingerprint density at radius 3 is 2.46 bits per heavy atom. The summed E-state index contributed by atoms with van der Waals surface area (Å²) >= 11 is 0. The second kappa shape index (κ2) is 9.04. The lowest BCUT2D eigenvalue weighted by Crippen LogP contribution is -2.43. The van der Waals surface area contributed by atoms with Crippen LogP contribution in [0, 0.1) is 20.8 Å². The number of carbonyl (C=O) groups is 2. The summed E-state index contributed by atoms with van der Waals surface area (Å²) in [6.45, 7) is 7.71. The van der Waals surface area contributed by atoms with Crippen molar-refractivity contribution >= 4 is 24.3 Å². The van der Waals surface area contributed by atoms with Crippen LogP contribution >= 0.6 is 12.4 Å². The highest BCUT2D eigenvalue weighted by Crippen LogP contribution is 2.17. The molecule has 1 amide bonds. The molecule has 24 heavy (non-hydrogen) atoms. The lowest BCUT2D eigenvalue weighted by atomic mass is 9.97. The first-order valence-corrected chi connectivity index (χ1v) is 8.18. The van der Waals surface area contributed by atoms with Gasteiger partial charge in [0.1, 0.15) is 6.04 Å². The zero-order chi connectivity index (χ0) is 17.0. The maximum Gasteiger partial charge on any atom is 0.320 e. The first-order chi connectivity index (χ1) is 10.9. The maximum absolute atomic E-state index is 12.0. The standard InChI is InChI=1S/C18H26N2O3.ClH/c1-12-9-13(2)15(14(3)10-12)6-7-19-17(21)11-20-8-4-5-16(20)18(22)23;/h9-10,16H,4-8,11H2,1-3H3,(H,19,21)(H,22,23);1H/t16-;/m1./s1. The number of likely N-dealkylation sites (tertiary alicyclic amines) is 1. The van der Waals surface area contributed by atoms with E-state index < -0.39 is 12.0 Å². The largest absolute Gasteiger partial charge is 0.480 e. The molecule has 2 rings (SSSR count). The van der Waals surface area contributed by atoms with E-state index in [1.807, 2.05) is 0 Å². The number of nitrogens with one attached hydrogen (secondary N) is 1. The Bertz CT molecular complexity index is 581. The van der Waals surface area contributed by atoms with Crippen LogP contribution in [0.1, 0.15) is 35.1 Å². The van der Waals surface area contributed by atoms with E-state index in [4.69, 9.17) is 5.11 Å². The molecule has 0 unspecified atom stereocenters.